The zero-order valence-electron chi connectivity index (χ0n) is 14.0. The first-order valence-electron chi connectivity index (χ1n) is 7.94. The number of anilines is 1. The smallest absolute Gasteiger partial charge is 0.245 e. The van der Waals surface area contributed by atoms with Crippen LogP contribution in [0.2, 0.25) is 0 Å². The number of sulfonamides is 1. The van der Waals surface area contributed by atoms with Gasteiger partial charge in [0.2, 0.25) is 15.9 Å². The second-order valence-electron chi connectivity index (χ2n) is 6.20. The molecule has 5 nitrogen and oxygen atoms in total. The normalized spacial score (nSPS) is 18.0. The molecule has 25 heavy (non-hydrogen) atoms. The molecule has 0 radical (unpaired) electrons. The molecular formula is C18H19FN2O3S. The van der Waals surface area contributed by atoms with E-state index < -0.39 is 21.9 Å². The lowest BCUT2D eigenvalue weighted by Crippen LogP contribution is -2.41. The monoisotopic (exact) mass is 362 g/mol. The maximum absolute atomic E-state index is 13.3. The summed E-state index contributed by atoms with van der Waals surface area (Å²) in [5, 5.41) is 0. The molecule has 0 unspecified atom stereocenters. The summed E-state index contributed by atoms with van der Waals surface area (Å²) in [5.74, 6) is -0.757. The number of halogens is 1. The van der Waals surface area contributed by atoms with E-state index in [-0.39, 0.29) is 16.4 Å². The van der Waals surface area contributed by atoms with E-state index in [0.29, 0.717) is 13.0 Å². The van der Waals surface area contributed by atoms with Gasteiger partial charge >= 0.3 is 0 Å². The molecule has 2 aromatic rings. The van der Waals surface area contributed by atoms with Crippen molar-refractivity contribution < 1.29 is 17.6 Å². The summed E-state index contributed by atoms with van der Waals surface area (Å²) in [6.07, 6.45) is 0.381. The van der Waals surface area contributed by atoms with E-state index in [2.05, 4.69) is 4.72 Å². The summed E-state index contributed by atoms with van der Waals surface area (Å²) in [5.41, 5.74) is 2.07. The molecule has 1 saturated heterocycles. The third-order valence-electron chi connectivity index (χ3n) is 4.29. The molecule has 0 aromatic heterocycles. The Labute approximate surface area is 146 Å². The number of amides is 1. The van der Waals surface area contributed by atoms with Crippen molar-refractivity contribution in [2.45, 2.75) is 31.2 Å². The van der Waals surface area contributed by atoms with Crippen LogP contribution in [0.3, 0.4) is 0 Å². The van der Waals surface area contributed by atoms with Gasteiger partial charge in [-0.15, -0.1) is 0 Å². The molecule has 132 valence electrons. The van der Waals surface area contributed by atoms with Crippen molar-refractivity contribution >= 4 is 21.6 Å². The average Bonchev–Trinajstić information content (AvgIpc) is 2.91. The standard InChI is InChI=1S/C18H19FN2O3S/c1-12-3-5-14(6-4-12)21-10-9-17(18(21)22)20-25(23,24)15-7-8-16(19)13(2)11-15/h3-8,11,17,20H,9-10H2,1-2H3/t17-/m0/s1. The minimum atomic E-state index is -3.89. The van der Waals surface area contributed by atoms with Crippen molar-refractivity contribution in [2.24, 2.45) is 0 Å². The van der Waals surface area contributed by atoms with Crippen LogP contribution in [0.1, 0.15) is 17.5 Å². The van der Waals surface area contributed by atoms with E-state index in [0.717, 1.165) is 17.3 Å². The fourth-order valence-electron chi connectivity index (χ4n) is 2.81. The van der Waals surface area contributed by atoms with Crippen LogP contribution in [0.15, 0.2) is 47.4 Å². The second kappa shape index (κ2) is 6.57. The summed E-state index contributed by atoms with van der Waals surface area (Å²) in [4.78, 5) is 14.1. The topological polar surface area (TPSA) is 66.5 Å². The molecular weight excluding hydrogens is 343 g/mol. The third kappa shape index (κ3) is 3.57. The van der Waals surface area contributed by atoms with Gasteiger partial charge in [0.1, 0.15) is 11.9 Å². The number of nitrogens with one attached hydrogen (secondary N) is 1. The predicted octanol–water partition coefficient (Wildman–Crippen LogP) is 2.53. The maximum Gasteiger partial charge on any atom is 0.245 e. The molecule has 0 bridgehead atoms. The number of aryl methyl sites for hydroxylation is 2. The van der Waals surface area contributed by atoms with Gasteiger partial charge in [-0.05, 0) is 56.2 Å². The van der Waals surface area contributed by atoms with Crippen LogP contribution in [0.5, 0.6) is 0 Å². The Kier molecular flexibility index (Phi) is 4.62. The van der Waals surface area contributed by atoms with Crippen LogP contribution in [0, 0.1) is 19.7 Å². The Balaban J connectivity index is 1.78. The number of nitrogens with zero attached hydrogens (tertiary/aromatic N) is 1. The molecule has 1 aliphatic rings. The molecule has 1 aliphatic heterocycles. The van der Waals surface area contributed by atoms with Crippen molar-refractivity contribution in [1.82, 2.24) is 4.72 Å². The van der Waals surface area contributed by atoms with Crippen LogP contribution < -0.4 is 9.62 Å². The fourth-order valence-corrected chi connectivity index (χ4v) is 4.12. The van der Waals surface area contributed by atoms with E-state index in [1.54, 1.807) is 4.90 Å². The number of carbonyl (C=O) groups is 1. The fraction of sp³-hybridized carbons (Fsp3) is 0.278. The minimum Gasteiger partial charge on any atom is -0.311 e. The molecule has 2 aromatic carbocycles. The summed E-state index contributed by atoms with van der Waals surface area (Å²) >= 11 is 0. The molecule has 7 heteroatoms. The summed E-state index contributed by atoms with van der Waals surface area (Å²) in [6.45, 7) is 3.89. The second-order valence-corrected chi connectivity index (χ2v) is 7.91. The van der Waals surface area contributed by atoms with Crippen molar-refractivity contribution in [3.63, 3.8) is 0 Å². The lowest BCUT2D eigenvalue weighted by molar-refractivity contribution is -0.118. The zero-order chi connectivity index (χ0) is 18.2. The molecule has 0 saturated carbocycles. The van der Waals surface area contributed by atoms with Gasteiger partial charge in [0.05, 0.1) is 4.90 Å². The molecule has 1 amide bonds. The number of benzene rings is 2. The summed E-state index contributed by atoms with van der Waals surface area (Å²) < 4.78 is 40.7. The zero-order valence-corrected chi connectivity index (χ0v) is 14.8. The summed E-state index contributed by atoms with van der Waals surface area (Å²) in [7, 11) is -3.89. The lowest BCUT2D eigenvalue weighted by atomic mass is 10.2. The van der Waals surface area contributed by atoms with Gasteiger partial charge < -0.3 is 4.90 Å². The molecule has 3 rings (SSSR count). The molecule has 1 heterocycles. The SMILES string of the molecule is Cc1ccc(N2CC[C@H](NS(=O)(=O)c3ccc(F)c(C)c3)C2=O)cc1. The van der Waals surface area contributed by atoms with Gasteiger partial charge in [-0.1, -0.05) is 17.7 Å². The highest BCUT2D eigenvalue weighted by atomic mass is 32.2. The Morgan fingerprint density at radius 1 is 1.12 bits per heavy atom. The van der Waals surface area contributed by atoms with Crippen LogP contribution in [-0.4, -0.2) is 26.9 Å². The first kappa shape index (κ1) is 17.6. The van der Waals surface area contributed by atoms with Crippen LogP contribution in [0.25, 0.3) is 0 Å². The van der Waals surface area contributed by atoms with E-state index in [4.69, 9.17) is 0 Å². The highest BCUT2D eigenvalue weighted by Crippen LogP contribution is 2.23. The predicted molar refractivity (Wildman–Crippen MR) is 93.4 cm³/mol. The number of rotatable bonds is 4. The van der Waals surface area contributed by atoms with Crippen LogP contribution in [0.4, 0.5) is 10.1 Å². The van der Waals surface area contributed by atoms with E-state index in [1.807, 2.05) is 31.2 Å². The Hall–Kier alpha value is -2.25. The van der Waals surface area contributed by atoms with Crippen molar-refractivity contribution in [3.8, 4) is 0 Å². The van der Waals surface area contributed by atoms with Crippen molar-refractivity contribution in [1.29, 1.82) is 0 Å². The highest BCUT2D eigenvalue weighted by molar-refractivity contribution is 7.89. The Bertz CT molecular complexity index is 910. The average molecular weight is 362 g/mol. The van der Waals surface area contributed by atoms with Crippen molar-refractivity contribution in [2.75, 3.05) is 11.4 Å². The maximum atomic E-state index is 13.3. The van der Waals surface area contributed by atoms with Crippen molar-refractivity contribution in [3.05, 3.63) is 59.4 Å². The summed E-state index contributed by atoms with van der Waals surface area (Å²) in [6, 6.07) is 10.2. The molecule has 0 aliphatic carbocycles. The first-order valence-corrected chi connectivity index (χ1v) is 9.43. The first-order chi connectivity index (χ1) is 11.8. The Morgan fingerprint density at radius 3 is 2.44 bits per heavy atom. The van der Waals surface area contributed by atoms with Gasteiger partial charge in [-0.3, -0.25) is 4.79 Å². The van der Waals surface area contributed by atoms with Gasteiger partial charge in [-0.2, -0.15) is 4.72 Å². The van der Waals surface area contributed by atoms with Gasteiger partial charge in [0.25, 0.3) is 0 Å². The minimum absolute atomic E-state index is 0.0482. The van der Waals surface area contributed by atoms with E-state index >= 15 is 0 Å². The largest absolute Gasteiger partial charge is 0.311 e. The molecule has 1 fully saturated rings. The molecule has 0 spiro atoms. The van der Waals surface area contributed by atoms with Crippen LogP contribution >= 0.6 is 0 Å². The quantitative estimate of drug-likeness (QED) is 0.909. The number of hydrogen-bond acceptors (Lipinski definition) is 3. The van der Waals surface area contributed by atoms with E-state index in [1.165, 1.54) is 19.1 Å². The number of hydrogen-bond donors (Lipinski definition) is 1. The molecule has 1 atom stereocenters. The number of carbonyl (C=O) groups excluding carboxylic acids is 1. The van der Waals surface area contributed by atoms with Crippen LogP contribution in [-0.2, 0) is 14.8 Å². The van der Waals surface area contributed by atoms with Gasteiger partial charge in [0.15, 0.2) is 0 Å². The Morgan fingerprint density at radius 2 is 1.80 bits per heavy atom. The van der Waals surface area contributed by atoms with Gasteiger partial charge in [0, 0.05) is 12.2 Å². The highest BCUT2D eigenvalue weighted by Gasteiger charge is 2.35. The molecule has 1 N–H and O–H groups in total. The van der Waals surface area contributed by atoms with E-state index in [9.17, 15) is 17.6 Å². The lowest BCUT2D eigenvalue weighted by Gasteiger charge is -2.17. The third-order valence-corrected chi connectivity index (χ3v) is 5.76. The van der Waals surface area contributed by atoms with Gasteiger partial charge in [-0.25, -0.2) is 12.8 Å².